The molecule has 24 heavy (non-hydrogen) atoms. The van der Waals surface area contributed by atoms with Crippen molar-refractivity contribution in [1.29, 1.82) is 0 Å². The number of hydrogen-bond donors (Lipinski definition) is 1. The van der Waals surface area contributed by atoms with Crippen molar-refractivity contribution < 1.29 is 17.9 Å². The lowest BCUT2D eigenvalue weighted by molar-refractivity contribution is 0.0588. The van der Waals surface area contributed by atoms with Crippen LogP contribution in [0.1, 0.15) is 28.0 Å². The predicted octanol–water partition coefficient (Wildman–Crippen LogP) is 1.94. The molecular weight excluding hydrogens is 330 g/mol. The van der Waals surface area contributed by atoms with E-state index >= 15 is 0 Å². The highest BCUT2D eigenvalue weighted by Gasteiger charge is 2.23. The van der Waals surface area contributed by atoms with Gasteiger partial charge < -0.3 is 4.74 Å². The van der Waals surface area contributed by atoms with E-state index in [1.165, 1.54) is 17.9 Å². The molecule has 1 aromatic carbocycles. The number of hydrogen-bond acceptors (Lipinski definition) is 5. The summed E-state index contributed by atoms with van der Waals surface area (Å²) in [7, 11) is -0.937. The molecule has 0 spiro atoms. The Kier molecular flexibility index (Phi) is 4.15. The van der Waals surface area contributed by atoms with Crippen LogP contribution in [0, 0.1) is 0 Å². The minimum absolute atomic E-state index is 0.0812. The molecule has 0 amide bonds. The van der Waals surface area contributed by atoms with Crippen LogP contribution in [0.4, 0.5) is 5.82 Å². The Labute approximate surface area is 140 Å². The number of nitrogens with one attached hydrogen (secondary N) is 1. The molecule has 0 bridgehead atoms. The minimum atomic E-state index is -3.73. The number of fused-ring (bicyclic) bond motifs is 1. The topological polar surface area (TPSA) is 90.3 Å². The maximum atomic E-state index is 12.6. The molecule has 0 saturated carbocycles. The maximum absolute atomic E-state index is 12.6. The van der Waals surface area contributed by atoms with Gasteiger partial charge in [-0.25, -0.2) is 13.2 Å². The lowest BCUT2D eigenvalue weighted by Gasteiger charge is -2.16. The van der Waals surface area contributed by atoms with Gasteiger partial charge in [0.15, 0.2) is 5.82 Å². The van der Waals surface area contributed by atoms with E-state index in [9.17, 15) is 13.2 Å². The zero-order chi connectivity index (χ0) is 17.3. The van der Waals surface area contributed by atoms with Gasteiger partial charge in [-0.2, -0.15) is 5.10 Å². The molecule has 126 valence electrons. The highest BCUT2D eigenvalue weighted by Crippen LogP contribution is 2.28. The number of rotatable bonds is 4. The average molecular weight is 347 g/mol. The standard InChI is InChI=1S/C16H17N3O4S/c1-19-14(16(20)23-2)10-15(17-19)18-24(21,22)13-8-7-11-5-3-4-6-12(11)9-13/h3-6,9-10H,7-8H2,1-2H3,(H,17,18). The van der Waals surface area contributed by atoms with Crippen LogP contribution in [0.2, 0.25) is 0 Å². The normalized spacial score (nSPS) is 13.8. The second-order valence-electron chi connectivity index (χ2n) is 5.44. The number of sulfonamides is 1. The van der Waals surface area contributed by atoms with Crippen molar-refractivity contribution in [3.05, 3.63) is 52.1 Å². The van der Waals surface area contributed by atoms with Crippen molar-refractivity contribution in [2.75, 3.05) is 11.8 Å². The number of ether oxygens (including phenoxy) is 1. The summed E-state index contributed by atoms with van der Waals surface area (Å²) in [5.74, 6) is -0.501. The predicted molar refractivity (Wildman–Crippen MR) is 89.8 cm³/mol. The third-order valence-electron chi connectivity index (χ3n) is 3.87. The molecule has 1 N–H and O–H groups in total. The van der Waals surface area contributed by atoms with Crippen molar-refractivity contribution >= 4 is 27.9 Å². The Morgan fingerprint density at radius 3 is 2.79 bits per heavy atom. The molecule has 1 aromatic heterocycles. The monoisotopic (exact) mass is 347 g/mol. The second kappa shape index (κ2) is 6.12. The molecule has 0 radical (unpaired) electrons. The Bertz CT molecular complexity index is 929. The van der Waals surface area contributed by atoms with Gasteiger partial charge in [0, 0.05) is 13.1 Å². The van der Waals surface area contributed by atoms with Crippen LogP contribution in [0.25, 0.3) is 6.08 Å². The maximum Gasteiger partial charge on any atom is 0.356 e. The van der Waals surface area contributed by atoms with Crippen LogP contribution >= 0.6 is 0 Å². The van der Waals surface area contributed by atoms with E-state index in [0.29, 0.717) is 17.7 Å². The number of carbonyl (C=O) groups excluding carboxylic acids is 1. The van der Waals surface area contributed by atoms with Gasteiger partial charge >= 0.3 is 5.97 Å². The summed E-state index contributed by atoms with van der Waals surface area (Å²) in [6, 6.07) is 9.04. The number of allylic oxidation sites excluding steroid dienone is 1. The summed E-state index contributed by atoms with van der Waals surface area (Å²) in [4.78, 5) is 11.9. The Morgan fingerprint density at radius 2 is 2.04 bits per heavy atom. The van der Waals surface area contributed by atoms with E-state index in [-0.39, 0.29) is 11.5 Å². The van der Waals surface area contributed by atoms with Gasteiger partial charge in [-0.1, -0.05) is 24.3 Å². The van der Waals surface area contributed by atoms with E-state index < -0.39 is 16.0 Å². The van der Waals surface area contributed by atoms with Crippen LogP contribution < -0.4 is 4.72 Å². The fourth-order valence-electron chi connectivity index (χ4n) is 2.63. The summed E-state index contributed by atoms with van der Waals surface area (Å²) in [6.07, 6.45) is 2.76. The summed E-state index contributed by atoms with van der Waals surface area (Å²) in [5, 5.41) is 4.00. The molecule has 7 nitrogen and oxygen atoms in total. The van der Waals surface area contributed by atoms with Crippen LogP contribution in [0.3, 0.4) is 0 Å². The van der Waals surface area contributed by atoms with E-state index in [1.807, 2.05) is 24.3 Å². The SMILES string of the molecule is COC(=O)c1cc(NS(=O)(=O)C2=Cc3ccccc3CC2)nn1C. The molecule has 1 aliphatic carbocycles. The Morgan fingerprint density at radius 1 is 1.29 bits per heavy atom. The quantitative estimate of drug-likeness (QED) is 0.854. The molecule has 8 heteroatoms. The van der Waals surface area contributed by atoms with Gasteiger partial charge in [0.05, 0.1) is 12.0 Å². The number of methoxy groups -OCH3 is 1. The first-order valence-electron chi connectivity index (χ1n) is 7.34. The molecule has 0 saturated heterocycles. The zero-order valence-electron chi connectivity index (χ0n) is 13.3. The van der Waals surface area contributed by atoms with Gasteiger partial charge in [-0.05, 0) is 30.0 Å². The first-order valence-corrected chi connectivity index (χ1v) is 8.82. The van der Waals surface area contributed by atoms with Crippen LogP contribution in [0.15, 0.2) is 35.2 Å². The van der Waals surface area contributed by atoms with Gasteiger partial charge in [-0.3, -0.25) is 9.40 Å². The van der Waals surface area contributed by atoms with Crippen LogP contribution in [0.5, 0.6) is 0 Å². The first kappa shape index (κ1) is 16.3. The third kappa shape index (κ3) is 3.05. The summed E-state index contributed by atoms with van der Waals surface area (Å²) < 4.78 is 33.5. The van der Waals surface area contributed by atoms with Gasteiger partial charge in [-0.15, -0.1) is 0 Å². The third-order valence-corrected chi connectivity index (χ3v) is 5.36. The lowest BCUT2D eigenvalue weighted by atomic mass is 9.98. The number of esters is 1. The number of carbonyl (C=O) groups is 1. The van der Waals surface area contributed by atoms with E-state index in [2.05, 4.69) is 14.6 Å². The van der Waals surface area contributed by atoms with Crippen molar-refractivity contribution in [3.8, 4) is 0 Å². The van der Waals surface area contributed by atoms with Crippen molar-refractivity contribution in [3.63, 3.8) is 0 Å². The van der Waals surface area contributed by atoms with Crippen molar-refractivity contribution in [2.24, 2.45) is 7.05 Å². The summed E-state index contributed by atoms with van der Waals surface area (Å²) in [5.41, 5.74) is 2.20. The minimum Gasteiger partial charge on any atom is -0.464 e. The van der Waals surface area contributed by atoms with Crippen LogP contribution in [-0.4, -0.2) is 31.3 Å². The van der Waals surface area contributed by atoms with E-state index in [1.54, 1.807) is 13.1 Å². The summed E-state index contributed by atoms with van der Waals surface area (Å²) in [6.45, 7) is 0. The lowest BCUT2D eigenvalue weighted by Crippen LogP contribution is -2.17. The molecule has 2 aromatic rings. The molecule has 0 atom stereocenters. The van der Waals surface area contributed by atoms with E-state index in [4.69, 9.17) is 0 Å². The smallest absolute Gasteiger partial charge is 0.356 e. The van der Waals surface area contributed by atoms with Gasteiger partial charge in [0.1, 0.15) is 5.69 Å². The summed E-state index contributed by atoms with van der Waals surface area (Å²) >= 11 is 0. The first-order chi connectivity index (χ1) is 11.4. The number of aromatic nitrogens is 2. The Balaban J connectivity index is 1.88. The number of anilines is 1. The van der Waals surface area contributed by atoms with Gasteiger partial charge in [0.2, 0.25) is 0 Å². The zero-order valence-corrected chi connectivity index (χ0v) is 14.1. The largest absolute Gasteiger partial charge is 0.464 e. The molecule has 3 rings (SSSR count). The van der Waals surface area contributed by atoms with Crippen LogP contribution in [-0.2, 0) is 28.2 Å². The second-order valence-corrected chi connectivity index (χ2v) is 7.18. The van der Waals surface area contributed by atoms with Crippen molar-refractivity contribution in [1.82, 2.24) is 9.78 Å². The average Bonchev–Trinajstić information content (AvgIpc) is 2.93. The van der Waals surface area contributed by atoms with Crippen molar-refractivity contribution in [2.45, 2.75) is 12.8 Å². The molecule has 0 aliphatic heterocycles. The fraction of sp³-hybridized carbons (Fsp3) is 0.250. The highest BCUT2D eigenvalue weighted by molar-refractivity contribution is 7.96. The number of benzene rings is 1. The molecule has 1 heterocycles. The molecule has 0 unspecified atom stereocenters. The molecule has 0 fully saturated rings. The number of nitrogens with zero attached hydrogens (tertiary/aromatic N) is 2. The molecule has 1 aliphatic rings. The molecular formula is C16H17N3O4S. The highest BCUT2D eigenvalue weighted by atomic mass is 32.2. The Hall–Kier alpha value is -2.61. The fourth-order valence-corrected chi connectivity index (χ4v) is 3.79. The number of aryl methyl sites for hydroxylation is 2. The van der Waals surface area contributed by atoms with E-state index in [0.717, 1.165) is 11.1 Å². The van der Waals surface area contributed by atoms with Gasteiger partial charge in [0.25, 0.3) is 10.0 Å².